The summed E-state index contributed by atoms with van der Waals surface area (Å²) in [5.74, 6) is -0.921. The lowest BCUT2D eigenvalue weighted by atomic mass is 9.83. The maximum atomic E-state index is 12.3. The molecule has 0 heterocycles. The predicted octanol–water partition coefficient (Wildman–Crippen LogP) is 3.65. The fraction of sp³-hybridized carbons (Fsp3) is 0.500. The number of nitrogens with one attached hydrogen (secondary N) is 1. The number of nitriles is 1. The van der Waals surface area contributed by atoms with Gasteiger partial charge in [-0.3, -0.25) is 4.79 Å². The van der Waals surface area contributed by atoms with Crippen molar-refractivity contribution in [2.45, 2.75) is 50.7 Å². The largest absolute Gasteiger partial charge is 0.480 e. The standard InChI is InChI=1S/C18H20Cl2N2O4/c1-12(17(24)22-18(11-21)7-3-2-4-8-18)26-16(23)10-25-15-6-5-13(19)9-14(15)20/h5-6,9,12H,2-4,7-8,10H2,1H3,(H,22,24)/t12-/m0/s1. The van der Waals surface area contributed by atoms with Crippen molar-refractivity contribution in [2.75, 3.05) is 6.61 Å². The molecule has 1 aromatic carbocycles. The lowest BCUT2D eigenvalue weighted by molar-refractivity contribution is -0.157. The minimum absolute atomic E-state index is 0.268. The minimum Gasteiger partial charge on any atom is -0.480 e. The van der Waals surface area contributed by atoms with Crippen molar-refractivity contribution in [3.05, 3.63) is 28.2 Å². The molecule has 1 atom stereocenters. The number of amides is 1. The van der Waals surface area contributed by atoms with E-state index in [2.05, 4.69) is 11.4 Å². The van der Waals surface area contributed by atoms with E-state index in [0.717, 1.165) is 19.3 Å². The van der Waals surface area contributed by atoms with E-state index < -0.39 is 30.1 Å². The van der Waals surface area contributed by atoms with Gasteiger partial charge in [-0.15, -0.1) is 0 Å². The molecule has 0 bridgehead atoms. The number of esters is 1. The van der Waals surface area contributed by atoms with Gasteiger partial charge >= 0.3 is 5.97 Å². The lowest BCUT2D eigenvalue weighted by Crippen LogP contribution is -2.52. The van der Waals surface area contributed by atoms with Crippen LogP contribution in [-0.2, 0) is 14.3 Å². The van der Waals surface area contributed by atoms with Crippen LogP contribution in [0.15, 0.2) is 18.2 Å². The van der Waals surface area contributed by atoms with Gasteiger partial charge in [-0.25, -0.2) is 4.79 Å². The molecule has 0 aliphatic heterocycles. The van der Waals surface area contributed by atoms with Gasteiger partial charge < -0.3 is 14.8 Å². The number of ether oxygens (including phenoxy) is 2. The first-order valence-electron chi connectivity index (χ1n) is 8.36. The molecule has 1 fully saturated rings. The maximum Gasteiger partial charge on any atom is 0.344 e. The molecule has 1 amide bonds. The van der Waals surface area contributed by atoms with Gasteiger partial charge in [0.1, 0.15) is 11.3 Å². The van der Waals surface area contributed by atoms with Gasteiger partial charge in [-0.05, 0) is 38.0 Å². The summed E-state index contributed by atoms with van der Waals surface area (Å²) in [6.45, 7) is 1.05. The van der Waals surface area contributed by atoms with Gasteiger partial charge in [0.15, 0.2) is 12.7 Å². The monoisotopic (exact) mass is 398 g/mol. The van der Waals surface area contributed by atoms with Crippen LogP contribution < -0.4 is 10.1 Å². The fourth-order valence-corrected chi connectivity index (χ4v) is 3.23. The number of carbonyl (C=O) groups is 2. The Morgan fingerprint density at radius 2 is 2.00 bits per heavy atom. The molecule has 0 unspecified atom stereocenters. The second kappa shape index (κ2) is 9.11. The highest BCUT2D eigenvalue weighted by molar-refractivity contribution is 6.35. The zero-order chi connectivity index (χ0) is 19.2. The van der Waals surface area contributed by atoms with E-state index in [0.29, 0.717) is 17.9 Å². The van der Waals surface area contributed by atoms with Crippen molar-refractivity contribution >= 4 is 35.1 Å². The van der Waals surface area contributed by atoms with E-state index in [4.69, 9.17) is 32.7 Å². The number of nitrogens with zero attached hydrogens (tertiary/aromatic N) is 1. The summed E-state index contributed by atoms with van der Waals surface area (Å²) in [4.78, 5) is 24.2. The third-order valence-electron chi connectivity index (χ3n) is 4.20. The van der Waals surface area contributed by atoms with E-state index >= 15 is 0 Å². The summed E-state index contributed by atoms with van der Waals surface area (Å²) in [5.41, 5.74) is -0.872. The van der Waals surface area contributed by atoms with Crippen molar-refractivity contribution in [2.24, 2.45) is 0 Å². The zero-order valence-electron chi connectivity index (χ0n) is 14.4. The second-order valence-electron chi connectivity index (χ2n) is 6.24. The predicted molar refractivity (Wildman–Crippen MR) is 97.1 cm³/mol. The Morgan fingerprint density at radius 3 is 2.62 bits per heavy atom. The molecule has 1 aliphatic carbocycles. The van der Waals surface area contributed by atoms with E-state index in [1.807, 2.05) is 0 Å². The highest BCUT2D eigenvalue weighted by atomic mass is 35.5. The van der Waals surface area contributed by atoms with Gasteiger partial charge in [-0.1, -0.05) is 42.5 Å². The number of rotatable bonds is 6. The molecular weight excluding hydrogens is 379 g/mol. The van der Waals surface area contributed by atoms with Crippen LogP contribution in [0.2, 0.25) is 10.0 Å². The van der Waals surface area contributed by atoms with Crippen LogP contribution in [0.1, 0.15) is 39.0 Å². The number of hydrogen-bond donors (Lipinski definition) is 1. The first-order valence-corrected chi connectivity index (χ1v) is 9.11. The molecule has 0 saturated heterocycles. The molecule has 2 rings (SSSR count). The molecule has 1 aliphatic rings. The Labute approximate surface area is 162 Å². The molecule has 1 saturated carbocycles. The maximum absolute atomic E-state index is 12.3. The van der Waals surface area contributed by atoms with E-state index in [1.54, 1.807) is 6.07 Å². The van der Waals surface area contributed by atoms with Crippen LogP contribution in [0.5, 0.6) is 5.75 Å². The molecule has 8 heteroatoms. The average Bonchev–Trinajstić information content (AvgIpc) is 2.61. The van der Waals surface area contributed by atoms with Gasteiger partial charge in [0, 0.05) is 5.02 Å². The van der Waals surface area contributed by atoms with Crippen LogP contribution in [0.3, 0.4) is 0 Å². The Balaban J connectivity index is 1.84. The van der Waals surface area contributed by atoms with Crippen LogP contribution in [0, 0.1) is 11.3 Å². The minimum atomic E-state index is -1.03. The summed E-state index contributed by atoms with van der Waals surface area (Å²) < 4.78 is 10.3. The van der Waals surface area contributed by atoms with E-state index in [-0.39, 0.29) is 10.8 Å². The zero-order valence-corrected chi connectivity index (χ0v) is 15.9. The normalized spacial score (nSPS) is 16.8. The Kier molecular flexibility index (Phi) is 7.13. The van der Waals surface area contributed by atoms with E-state index in [1.165, 1.54) is 19.1 Å². The third kappa shape index (κ3) is 5.52. The first-order chi connectivity index (χ1) is 12.3. The molecule has 1 N–H and O–H groups in total. The van der Waals surface area contributed by atoms with Crippen molar-refractivity contribution < 1.29 is 19.1 Å². The number of hydrogen-bond acceptors (Lipinski definition) is 5. The summed E-state index contributed by atoms with van der Waals surface area (Å²) in [6, 6.07) is 6.80. The third-order valence-corrected chi connectivity index (χ3v) is 4.73. The fourth-order valence-electron chi connectivity index (χ4n) is 2.77. The lowest BCUT2D eigenvalue weighted by Gasteiger charge is -2.32. The Bertz CT molecular complexity index is 712. The smallest absolute Gasteiger partial charge is 0.344 e. The Hall–Kier alpha value is -1.97. The number of benzene rings is 1. The van der Waals surface area contributed by atoms with Gasteiger partial charge in [-0.2, -0.15) is 5.26 Å². The molecule has 6 nitrogen and oxygen atoms in total. The molecule has 0 spiro atoms. The van der Waals surface area contributed by atoms with Gasteiger partial charge in [0.2, 0.25) is 0 Å². The van der Waals surface area contributed by atoms with Crippen molar-refractivity contribution in [3.63, 3.8) is 0 Å². The molecular formula is C18H20Cl2N2O4. The average molecular weight is 399 g/mol. The summed E-state index contributed by atoms with van der Waals surface area (Å²) in [5, 5.41) is 12.8. The SMILES string of the molecule is C[C@H](OC(=O)COc1ccc(Cl)cc1Cl)C(=O)NC1(C#N)CCCCC1. The van der Waals surface area contributed by atoms with E-state index in [9.17, 15) is 14.9 Å². The second-order valence-corrected chi connectivity index (χ2v) is 7.08. The topological polar surface area (TPSA) is 88.4 Å². The molecule has 26 heavy (non-hydrogen) atoms. The summed E-state index contributed by atoms with van der Waals surface area (Å²) in [6.07, 6.45) is 3.00. The number of halogens is 2. The molecule has 0 radical (unpaired) electrons. The first kappa shape index (κ1) is 20.3. The molecule has 140 valence electrons. The highest BCUT2D eigenvalue weighted by Gasteiger charge is 2.35. The molecule has 0 aromatic heterocycles. The van der Waals surface area contributed by atoms with Gasteiger partial charge in [0.05, 0.1) is 11.1 Å². The summed E-state index contributed by atoms with van der Waals surface area (Å²) in [7, 11) is 0. The number of carbonyl (C=O) groups excluding carboxylic acids is 2. The van der Waals surface area contributed by atoms with Crippen molar-refractivity contribution in [1.29, 1.82) is 5.26 Å². The van der Waals surface area contributed by atoms with Crippen molar-refractivity contribution in [1.82, 2.24) is 5.32 Å². The Morgan fingerprint density at radius 1 is 1.31 bits per heavy atom. The van der Waals surface area contributed by atoms with Crippen LogP contribution >= 0.6 is 23.2 Å². The van der Waals surface area contributed by atoms with Gasteiger partial charge in [0.25, 0.3) is 5.91 Å². The summed E-state index contributed by atoms with van der Waals surface area (Å²) >= 11 is 11.7. The van der Waals surface area contributed by atoms with Crippen molar-refractivity contribution in [3.8, 4) is 11.8 Å². The van der Waals surface area contributed by atoms with Crippen LogP contribution in [0.4, 0.5) is 0 Å². The molecule has 1 aromatic rings. The quantitative estimate of drug-likeness (QED) is 0.738. The van der Waals surface area contributed by atoms with Crippen LogP contribution in [-0.4, -0.2) is 30.1 Å². The highest BCUT2D eigenvalue weighted by Crippen LogP contribution is 2.28. The van der Waals surface area contributed by atoms with Crippen LogP contribution in [0.25, 0.3) is 0 Å².